The molecular weight excluding hydrogens is 250 g/mol. The first kappa shape index (κ1) is 13.1. The van der Waals surface area contributed by atoms with Crippen molar-refractivity contribution in [1.82, 2.24) is 9.97 Å². The molecule has 0 spiro atoms. The number of rotatable bonds is 6. The van der Waals surface area contributed by atoms with E-state index in [1.807, 2.05) is 30.5 Å². The minimum absolute atomic E-state index is 0.0724. The van der Waals surface area contributed by atoms with Crippen LogP contribution in [0, 0.1) is 0 Å². The van der Waals surface area contributed by atoms with Crippen molar-refractivity contribution >= 4 is 5.82 Å². The van der Waals surface area contributed by atoms with Gasteiger partial charge in [-0.15, -0.1) is 0 Å². The lowest BCUT2D eigenvalue weighted by atomic mass is 10.0. The first-order valence-electron chi connectivity index (χ1n) is 7.12. The van der Waals surface area contributed by atoms with Crippen LogP contribution >= 0.6 is 0 Å². The summed E-state index contributed by atoms with van der Waals surface area (Å²) in [6, 6.07) is 12.1. The number of benzene rings is 1. The van der Waals surface area contributed by atoms with Gasteiger partial charge in [-0.2, -0.15) is 0 Å². The molecule has 1 aromatic heterocycles. The normalized spacial score (nSPS) is 15.8. The number of nitrogens with one attached hydrogen (secondary N) is 1. The summed E-state index contributed by atoms with van der Waals surface area (Å²) in [5, 5.41) is 12.7. The topological polar surface area (TPSA) is 58.0 Å². The summed E-state index contributed by atoms with van der Waals surface area (Å²) in [5.41, 5.74) is 1.16. The minimum atomic E-state index is 0.0724. The summed E-state index contributed by atoms with van der Waals surface area (Å²) in [5.74, 6) is 2.32. The maximum atomic E-state index is 9.26. The maximum Gasteiger partial charge on any atom is 0.133 e. The number of aromatic nitrogens is 2. The Labute approximate surface area is 118 Å². The molecule has 0 saturated heterocycles. The molecule has 1 aliphatic rings. The Morgan fingerprint density at radius 3 is 2.70 bits per heavy atom. The monoisotopic (exact) mass is 269 g/mol. The van der Waals surface area contributed by atoms with E-state index in [0.29, 0.717) is 12.3 Å². The lowest BCUT2D eigenvalue weighted by molar-refractivity contribution is 0.280. The van der Waals surface area contributed by atoms with Gasteiger partial charge in [-0.3, -0.25) is 0 Å². The Bertz CT molecular complexity index is 555. The number of hydrogen-bond donors (Lipinski definition) is 2. The molecule has 1 saturated carbocycles. The largest absolute Gasteiger partial charge is 0.396 e. The van der Waals surface area contributed by atoms with Crippen molar-refractivity contribution in [1.29, 1.82) is 0 Å². The zero-order valence-corrected chi connectivity index (χ0v) is 11.4. The van der Waals surface area contributed by atoms with Crippen LogP contribution in [0.5, 0.6) is 0 Å². The molecule has 0 radical (unpaired) electrons. The second-order valence-electron chi connectivity index (χ2n) is 5.19. The van der Waals surface area contributed by atoms with Gasteiger partial charge >= 0.3 is 0 Å². The first-order valence-corrected chi connectivity index (χ1v) is 7.12. The first-order chi connectivity index (χ1) is 9.86. The quantitative estimate of drug-likeness (QED) is 0.846. The molecule has 0 aliphatic heterocycles. The fourth-order valence-electron chi connectivity index (χ4n) is 2.31. The molecule has 0 amide bonds. The van der Waals surface area contributed by atoms with Gasteiger partial charge in [0.15, 0.2) is 0 Å². The van der Waals surface area contributed by atoms with E-state index < -0.39 is 0 Å². The van der Waals surface area contributed by atoms with E-state index in [4.69, 9.17) is 0 Å². The molecule has 1 fully saturated rings. The molecule has 3 rings (SSSR count). The van der Waals surface area contributed by atoms with Gasteiger partial charge in [0, 0.05) is 18.7 Å². The van der Waals surface area contributed by atoms with Crippen LogP contribution in [0.25, 0.3) is 0 Å². The van der Waals surface area contributed by atoms with Gasteiger partial charge in [-0.1, -0.05) is 30.3 Å². The Kier molecular flexibility index (Phi) is 3.92. The molecule has 4 heteroatoms. The Hall–Kier alpha value is -1.94. The highest BCUT2D eigenvalue weighted by Crippen LogP contribution is 2.38. The number of aliphatic hydroxyl groups is 1. The molecule has 1 aliphatic carbocycles. The average Bonchev–Trinajstić information content (AvgIpc) is 3.33. The van der Waals surface area contributed by atoms with Crippen LogP contribution in [0.1, 0.15) is 42.6 Å². The van der Waals surface area contributed by atoms with E-state index in [2.05, 4.69) is 27.4 Å². The van der Waals surface area contributed by atoms with E-state index in [-0.39, 0.29) is 12.6 Å². The SMILES string of the molecule is OCC[C@@H](Nc1ccnc(C2CC2)n1)c1ccccc1. The Morgan fingerprint density at radius 1 is 1.20 bits per heavy atom. The second-order valence-corrected chi connectivity index (χ2v) is 5.19. The number of nitrogens with zero attached hydrogens (tertiary/aromatic N) is 2. The Morgan fingerprint density at radius 2 is 2.00 bits per heavy atom. The minimum Gasteiger partial charge on any atom is -0.396 e. The summed E-state index contributed by atoms with van der Waals surface area (Å²) < 4.78 is 0. The van der Waals surface area contributed by atoms with Gasteiger partial charge < -0.3 is 10.4 Å². The van der Waals surface area contributed by atoms with Crippen molar-refractivity contribution in [2.45, 2.75) is 31.2 Å². The van der Waals surface area contributed by atoms with Gasteiger partial charge in [0.05, 0.1) is 6.04 Å². The van der Waals surface area contributed by atoms with Gasteiger partial charge in [0.25, 0.3) is 0 Å². The van der Waals surface area contributed by atoms with Crippen molar-refractivity contribution in [3.8, 4) is 0 Å². The highest BCUT2D eigenvalue weighted by molar-refractivity contribution is 5.38. The summed E-state index contributed by atoms with van der Waals surface area (Å²) in [4.78, 5) is 8.91. The average molecular weight is 269 g/mol. The lowest BCUT2D eigenvalue weighted by Crippen LogP contribution is -2.14. The zero-order valence-electron chi connectivity index (χ0n) is 11.4. The fourth-order valence-corrected chi connectivity index (χ4v) is 2.31. The summed E-state index contributed by atoms with van der Waals surface area (Å²) in [6.45, 7) is 0.146. The van der Waals surface area contributed by atoms with Gasteiger partial charge in [0.2, 0.25) is 0 Å². The molecule has 0 bridgehead atoms. The molecule has 104 valence electrons. The molecular formula is C16H19N3O. The van der Waals surface area contributed by atoms with Crippen LogP contribution < -0.4 is 5.32 Å². The number of hydrogen-bond acceptors (Lipinski definition) is 4. The molecule has 0 unspecified atom stereocenters. The fraction of sp³-hybridized carbons (Fsp3) is 0.375. The zero-order chi connectivity index (χ0) is 13.8. The third kappa shape index (κ3) is 3.14. The third-order valence-corrected chi connectivity index (χ3v) is 3.56. The van der Waals surface area contributed by atoms with Crippen LogP contribution in [0.4, 0.5) is 5.82 Å². The summed E-state index contributed by atoms with van der Waals surface area (Å²) in [7, 11) is 0. The van der Waals surface area contributed by atoms with Gasteiger partial charge in [0.1, 0.15) is 11.6 Å². The predicted octanol–water partition coefficient (Wildman–Crippen LogP) is 2.89. The van der Waals surface area contributed by atoms with Crippen LogP contribution in [0.3, 0.4) is 0 Å². The predicted molar refractivity (Wildman–Crippen MR) is 78.5 cm³/mol. The van der Waals surface area contributed by atoms with Crippen molar-refractivity contribution in [2.24, 2.45) is 0 Å². The van der Waals surface area contributed by atoms with E-state index in [1.54, 1.807) is 0 Å². The van der Waals surface area contributed by atoms with E-state index in [1.165, 1.54) is 12.8 Å². The van der Waals surface area contributed by atoms with E-state index >= 15 is 0 Å². The van der Waals surface area contributed by atoms with Crippen LogP contribution in [-0.2, 0) is 0 Å². The molecule has 2 aromatic rings. The molecule has 1 aromatic carbocycles. The molecule has 4 nitrogen and oxygen atoms in total. The number of aliphatic hydroxyl groups excluding tert-OH is 1. The summed E-state index contributed by atoms with van der Waals surface area (Å²) >= 11 is 0. The Balaban J connectivity index is 1.77. The van der Waals surface area contributed by atoms with Gasteiger partial charge in [-0.05, 0) is 30.9 Å². The standard InChI is InChI=1S/C16H19N3O/c20-11-9-14(12-4-2-1-3-5-12)18-15-8-10-17-16(19-15)13-6-7-13/h1-5,8,10,13-14,20H,6-7,9,11H2,(H,17,18,19)/t14-/m1/s1. The summed E-state index contributed by atoms with van der Waals surface area (Å²) in [6.07, 6.45) is 4.86. The molecule has 2 N–H and O–H groups in total. The second kappa shape index (κ2) is 6.01. The smallest absolute Gasteiger partial charge is 0.133 e. The van der Waals surface area contributed by atoms with Gasteiger partial charge in [-0.25, -0.2) is 9.97 Å². The van der Waals surface area contributed by atoms with Crippen molar-refractivity contribution in [3.05, 3.63) is 54.0 Å². The maximum absolute atomic E-state index is 9.26. The van der Waals surface area contributed by atoms with Crippen molar-refractivity contribution in [3.63, 3.8) is 0 Å². The van der Waals surface area contributed by atoms with E-state index in [9.17, 15) is 5.11 Å². The molecule has 20 heavy (non-hydrogen) atoms. The highest BCUT2D eigenvalue weighted by Gasteiger charge is 2.26. The molecule has 1 atom stereocenters. The van der Waals surface area contributed by atoms with Crippen molar-refractivity contribution in [2.75, 3.05) is 11.9 Å². The number of anilines is 1. The van der Waals surface area contributed by atoms with Crippen LogP contribution in [0.2, 0.25) is 0 Å². The van der Waals surface area contributed by atoms with E-state index in [0.717, 1.165) is 17.2 Å². The third-order valence-electron chi connectivity index (χ3n) is 3.56. The lowest BCUT2D eigenvalue weighted by Gasteiger charge is -2.19. The van der Waals surface area contributed by atoms with Crippen LogP contribution in [-0.4, -0.2) is 21.7 Å². The van der Waals surface area contributed by atoms with Crippen molar-refractivity contribution < 1.29 is 5.11 Å². The highest BCUT2D eigenvalue weighted by atomic mass is 16.3. The molecule has 1 heterocycles. The van der Waals surface area contributed by atoms with Crippen LogP contribution in [0.15, 0.2) is 42.6 Å².